The van der Waals surface area contributed by atoms with Gasteiger partial charge in [0.05, 0.1) is 22.5 Å². The van der Waals surface area contributed by atoms with Crippen molar-refractivity contribution in [2.45, 2.75) is 6.92 Å². The number of aryl methyl sites for hydroxylation is 1. The first-order valence-corrected chi connectivity index (χ1v) is 6.60. The van der Waals surface area contributed by atoms with E-state index in [9.17, 15) is 9.90 Å². The lowest BCUT2D eigenvalue weighted by atomic mass is 10.1. The molecule has 0 aliphatic rings. The average molecular weight is 278 g/mol. The van der Waals surface area contributed by atoms with Crippen LogP contribution in [0.5, 0.6) is 0 Å². The van der Waals surface area contributed by atoms with Crippen LogP contribution >= 0.6 is 0 Å². The van der Waals surface area contributed by atoms with Gasteiger partial charge in [-0.25, -0.2) is 4.79 Å². The summed E-state index contributed by atoms with van der Waals surface area (Å²) in [5, 5.41) is 13.5. The van der Waals surface area contributed by atoms with Gasteiger partial charge in [-0.1, -0.05) is 29.8 Å². The molecule has 3 rings (SSSR count). The van der Waals surface area contributed by atoms with E-state index in [0.717, 1.165) is 22.2 Å². The number of fused-ring (bicyclic) bond motifs is 1. The second-order valence-electron chi connectivity index (χ2n) is 4.86. The molecule has 21 heavy (non-hydrogen) atoms. The summed E-state index contributed by atoms with van der Waals surface area (Å²) in [6, 6.07) is 14.9. The summed E-state index contributed by atoms with van der Waals surface area (Å²) in [5.41, 5.74) is 3.33. The van der Waals surface area contributed by atoms with E-state index in [1.807, 2.05) is 43.3 Å². The monoisotopic (exact) mass is 278 g/mol. The topological polar surface area (TPSA) is 62.2 Å². The molecule has 0 spiro atoms. The van der Waals surface area contributed by atoms with Crippen LogP contribution in [0.1, 0.15) is 15.9 Å². The second-order valence-corrected chi connectivity index (χ2v) is 4.86. The molecule has 2 aromatic carbocycles. The molecule has 4 heteroatoms. The SMILES string of the molecule is Cc1ccc(Nc2cccc3cccnc23)c(C(=O)O)c1. The summed E-state index contributed by atoms with van der Waals surface area (Å²) < 4.78 is 0. The Balaban J connectivity index is 2.09. The van der Waals surface area contributed by atoms with Crippen LogP contribution in [-0.4, -0.2) is 16.1 Å². The normalized spacial score (nSPS) is 10.5. The van der Waals surface area contributed by atoms with E-state index in [-0.39, 0.29) is 5.56 Å². The number of carbonyl (C=O) groups is 1. The number of carboxylic acid groups (broad SMARTS) is 1. The highest BCUT2D eigenvalue weighted by Gasteiger charge is 2.11. The zero-order chi connectivity index (χ0) is 14.8. The molecule has 1 heterocycles. The van der Waals surface area contributed by atoms with Gasteiger partial charge in [0.25, 0.3) is 0 Å². The lowest BCUT2D eigenvalue weighted by Gasteiger charge is -2.12. The van der Waals surface area contributed by atoms with E-state index in [2.05, 4.69) is 10.3 Å². The first-order valence-electron chi connectivity index (χ1n) is 6.60. The molecular weight excluding hydrogens is 264 g/mol. The number of hydrogen-bond acceptors (Lipinski definition) is 3. The van der Waals surface area contributed by atoms with Crippen LogP contribution in [0.15, 0.2) is 54.7 Å². The highest BCUT2D eigenvalue weighted by atomic mass is 16.4. The summed E-state index contributed by atoms with van der Waals surface area (Å²) in [5.74, 6) is -0.950. The molecule has 3 aromatic rings. The molecule has 0 fully saturated rings. The van der Waals surface area contributed by atoms with Gasteiger partial charge in [0, 0.05) is 11.6 Å². The maximum atomic E-state index is 11.4. The number of nitrogens with zero attached hydrogens (tertiary/aromatic N) is 1. The Bertz CT molecular complexity index is 823. The van der Waals surface area contributed by atoms with E-state index >= 15 is 0 Å². The standard InChI is InChI=1S/C17H14N2O2/c1-11-7-8-14(13(10-11)17(20)21)19-15-6-2-4-12-5-3-9-18-16(12)15/h2-10,19H,1H3,(H,20,21). The fourth-order valence-electron chi connectivity index (χ4n) is 2.29. The van der Waals surface area contributed by atoms with Gasteiger partial charge >= 0.3 is 5.97 Å². The molecule has 0 amide bonds. The first kappa shape index (κ1) is 13.1. The van der Waals surface area contributed by atoms with Crippen LogP contribution in [0, 0.1) is 6.92 Å². The van der Waals surface area contributed by atoms with Gasteiger partial charge in [0.1, 0.15) is 0 Å². The lowest BCUT2D eigenvalue weighted by Crippen LogP contribution is -2.03. The number of carboxylic acids is 1. The summed E-state index contributed by atoms with van der Waals surface area (Å²) in [7, 11) is 0. The van der Waals surface area contributed by atoms with E-state index < -0.39 is 5.97 Å². The molecule has 0 bridgehead atoms. The van der Waals surface area contributed by atoms with Crippen LogP contribution < -0.4 is 5.32 Å². The number of rotatable bonds is 3. The molecular formula is C17H14N2O2. The molecule has 2 N–H and O–H groups in total. The molecule has 104 valence electrons. The highest BCUT2D eigenvalue weighted by Crippen LogP contribution is 2.27. The summed E-state index contributed by atoms with van der Waals surface area (Å²) in [4.78, 5) is 15.7. The minimum Gasteiger partial charge on any atom is -0.478 e. The molecule has 1 aromatic heterocycles. The quantitative estimate of drug-likeness (QED) is 0.760. The first-order chi connectivity index (χ1) is 10.1. The van der Waals surface area contributed by atoms with Crippen molar-refractivity contribution in [3.63, 3.8) is 0 Å². The third kappa shape index (κ3) is 2.56. The van der Waals surface area contributed by atoms with Gasteiger partial charge in [-0.2, -0.15) is 0 Å². The molecule has 0 radical (unpaired) electrons. The Hall–Kier alpha value is -2.88. The van der Waals surface area contributed by atoms with Crippen LogP contribution in [0.2, 0.25) is 0 Å². The minimum absolute atomic E-state index is 0.253. The Labute approximate surface area is 122 Å². The van der Waals surface area contributed by atoms with Gasteiger partial charge < -0.3 is 10.4 Å². The number of pyridine rings is 1. The maximum absolute atomic E-state index is 11.4. The minimum atomic E-state index is -0.950. The highest BCUT2D eigenvalue weighted by molar-refractivity contribution is 5.98. The third-order valence-corrected chi connectivity index (χ3v) is 3.31. The van der Waals surface area contributed by atoms with E-state index in [4.69, 9.17) is 0 Å². The summed E-state index contributed by atoms with van der Waals surface area (Å²) >= 11 is 0. The van der Waals surface area contributed by atoms with Gasteiger partial charge in [-0.15, -0.1) is 0 Å². The number of anilines is 2. The number of aromatic carboxylic acids is 1. The van der Waals surface area contributed by atoms with Crippen molar-refractivity contribution in [2.24, 2.45) is 0 Å². The molecule has 0 saturated heterocycles. The third-order valence-electron chi connectivity index (χ3n) is 3.31. The molecule has 0 unspecified atom stereocenters. The molecule has 0 atom stereocenters. The summed E-state index contributed by atoms with van der Waals surface area (Å²) in [6.07, 6.45) is 1.72. The molecule has 0 aliphatic heterocycles. The van der Waals surface area contributed by atoms with E-state index in [0.29, 0.717) is 5.69 Å². The number of hydrogen-bond donors (Lipinski definition) is 2. The zero-order valence-corrected chi connectivity index (χ0v) is 11.5. The second kappa shape index (κ2) is 5.25. The Morgan fingerprint density at radius 2 is 1.90 bits per heavy atom. The lowest BCUT2D eigenvalue weighted by molar-refractivity contribution is 0.0698. The van der Waals surface area contributed by atoms with Gasteiger partial charge in [-0.3, -0.25) is 4.98 Å². The van der Waals surface area contributed by atoms with Gasteiger partial charge in [-0.05, 0) is 31.2 Å². The van der Waals surface area contributed by atoms with Crippen molar-refractivity contribution >= 4 is 28.2 Å². The summed E-state index contributed by atoms with van der Waals surface area (Å²) in [6.45, 7) is 1.87. The number of para-hydroxylation sites is 1. The average Bonchev–Trinajstić information content (AvgIpc) is 2.49. The van der Waals surface area contributed by atoms with Crippen LogP contribution in [0.25, 0.3) is 10.9 Å². The predicted octanol–water partition coefficient (Wildman–Crippen LogP) is 3.99. The molecule has 4 nitrogen and oxygen atoms in total. The Morgan fingerprint density at radius 3 is 2.71 bits per heavy atom. The fourth-order valence-corrected chi connectivity index (χ4v) is 2.29. The molecule has 0 aliphatic carbocycles. The van der Waals surface area contributed by atoms with E-state index in [1.165, 1.54) is 0 Å². The van der Waals surface area contributed by atoms with Crippen LogP contribution in [-0.2, 0) is 0 Å². The zero-order valence-electron chi connectivity index (χ0n) is 11.5. The number of aromatic nitrogens is 1. The number of benzene rings is 2. The van der Waals surface area contributed by atoms with Crippen LogP contribution in [0.4, 0.5) is 11.4 Å². The Morgan fingerprint density at radius 1 is 1.10 bits per heavy atom. The van der Waals surface area contributed by atoms with Gasteiger partial charge in [0.2, 0.25) is 0 Å². The molecule has 0 saturated carbocycles. The van der Waals surface area contributed by atoms with Crippen molar-refractivity contribution in [3.05, 3.63) is 65.9 Å². The van der Waals surface area contributed by atoms with Crippen molar-refractivity contribution in [1.82, 2.24) is 4.98 Å². The largest absolute Gasteiger partial charge is 0.478 e. The number of nitrogens with one attached hydrogen (secondary N) is 1. The van der Waals surface area contributed by atoms with E-state index in [1.54, 1.807) is 18.3 Å². The van der Waals surface area contributed by atoms with Crippen molar-refractivity contribution in [1.29, 1.82) is 0 Å². The van der Waals surface area contributed by atoms with Crippen molar-refractivity contribution in [3.8, 4) is 0 Å². The predicted molar refractivity (Wildman–Crippen MR) is 83.2 cm³/mol. The van der Waals surface area contributed by atoms with Crippen molar-refractivity contribution < 1.29 is 9.90 Å². The van der Waals surface area contributed by atoms with Gasteiger partial charge in [0.15, 0.2) is 0 Å². The Kier molecular flexibility index (Phi) is 3.28. The maximum Gasteiger partial charge on any atom is 0.337 e. The fraction of sp³-hybridized carbons (Fsp3) is 0.0588. The smallest absolute Gasteiger partial charge is 0.337 e. The van der Waals surface area contributed by atoms with Crippen molar-refractivity contribution in [2.75, 3.05) is 5.32 Å². The van der Waals surface area contributed by atoms with Crippen LogP contribution in [0.3, 0.4) is 0 Å².